The molecule has 0 bridgehead atoms. The van der Waals surface area contributed by atoms with E-state index in [-0.39, 0.29) is 4.84 Å². The fourth-order valence-electron chi connectivity index (χ4n) is 0.973. The number of halogens is 2. The Morgan fingerprint density at radius 1 is 0.909 bits per heavy atom. The highest BCUT2D eigenvalue weighted by Crippen LogP contribution is 2.13. The van der Waals surface area contributed by atoms with Gasteiger partial charge in [0.1, 0.15) is 4.84 Å². The molecule has 11 heavy (non-hydrogen) atoms. The van der Waals surface area contributed by atoms with Gasteiger partial charge in [-0.2, -0.15) is 0 Å². The van der Waals surface area contributed by atoms with E-state index in [9.17, 15) is 0 Å². The van der Waals surface area contributed by atoms with Crippen molar-refractivity contribution in [2.24, 2.45) is 0 Å². The van der Waals surface area contributed by atoms with Gasteiger partial charge in [0, 0.05) is 0 Å². The molecule has 1 atom stereocenters. The van der Waals surface area contributed by atoms with E-state index in [0.29, 0.717) is 0 Å². The van der Waals surface area contributed by atoms with Gasteiger partial charge in [0.05, 0.1) is 0 Å². The zero-order valence-corrected chi connectivity index (χ0v) is 9.53. The van der Waals surface area contributed by atoms with Gasteiger partial charge in [-0.15, -0.1) is 32.4 Å². The molecule has 0 rings (SSSR count). The smallest absolute Gasteiger partial charge is 0.107 e. The summed E-state index contributed by atoms with van der Waals surface area (Å²) in [6.45, 7) is 0. The standard InChI is InChI=1S/C8H17Cl2P/c9-8(10)6-4-2-1-3-5-7-11/h8H,1-7,11H2. The van der Waals surface area contributed by atoms with Crippen molar-refractivity contribution in [1.82, 2.24) is 0 Å². The summed E-state index contributed by atoms with van der Waals surface area (Å²) in [5.74, 6) is 0. The molecule has 68 valence electrons. The molecule has 0 aliphatic carbocycles. The maximum Gasteiger partial charge on any atom is 0.107 e. The van der Waals surface area contributed by atoms with Crippen molar-refractivity contribution >= 4 is 32.4 Å². The van der Waals surface area contributed by atoms with E-state index in [1.54, 1.807) is 0 Å². The van der Waals surface area contributed by atoms with Gasteiger partial charge in [-0.3, -0.25) is 0 Å². The third-order valence-electron chi connectivity index (χ3n) is 1.63. The molecule has 0 heterocycles. The molecule has 0 amide bonds. The lowest BCUT2D eigenvalue weighted by molar-refractivity contribution is 0.622. The Bertz CT molecular complexity index is 76.5. The Hall–Kier alpha value is 1.01. The van der Waals surface area contributed by atoms with Crippen molar-refractivity contribution in [3.8, 4) is 0 Å². The maximum absolute atomic E-state index is 5.58. The van der Waals surface area contributed by atoms with E-state index < -0.39 is 0 Å². The van der Waals surface area contributed by atoms with Crippen molar-refractivity contribution < 1.29 is 0 Å². The minimum Gasteiger partial charge on any atom is -0.138 e. The molecule has 0 aromatic rings. The number of rotatable bonds is 7. The van der Waals surface area contributed by atoms with E-state index in [2.05, 4.69) is 9.24 Å². The molecule has 0 N–H and O–H groups in total. The molecule has 0 aliphatic heterocycles. The molecule has 0 saturated carbocycles. The lowest BCUT2D eigenvalue weighted by atomic mass is 10.1. The molecule has 0 radical (unpaired) electrons. The number of hydrogen-bond acceptors (Lipinski definition) is 0. The number of unbranched alkanes of at least 4 members (excludes halogenated alkanes) is 4. The molecule has 0 spiro atoms. The van der Waals surface area contributed by atoms with Gasteiger partial charge in [0.25, 0.3) is 0 Å². The summed E-state index contributed by atoms with van der Waals surface area (Å²) < 4.78 is 0. The first-order valence-corrected chi connectivity index (χ1v) is 5.94. The van der Waals surface area contributed by atoms with Crippen LogP contribution in [-0.2, 0) is 0 Å². The normalized spacial score (nSPS) is 10.9. The highest BCUT2D eigenvalue weighted by molar-refractivity contribution is 7.16. The average molecular weight is 215 g/mol. The first-order valence-electron chi connectivity index (χ1n) is 4.25. The van der Waals surface area contributed by atoms with Crippen molar-refractivity contribution in [3.63, 3.8) is 0 Å². The predicted molar refractivity (Wildman–Crippen MR) is 57.8 cm³/mol. The van der Waals surface area contributed by atoms with Gasteiger partial charge in [0.2, 0.25) is 0 Å². The van der Waals surface area contributed by atoms with Gasteiger partial charge in [-0.25, -0.2) is 0 Å². The topological polar surface area (TPSA) is 0 Å². The minimum absolute atomic E-state index is 0.156. The van der Waals surface area contributed by atoms with Crippen LogP contribution >= 0.6 is 32.4 Å². The van der Waals surface area contributed by atoms with Gasteiger partial charge in [-0.1, -0.05) is 25.7 Å². The van der Waals surface area contributed by atoms with Crippen LogP contribution in [0.4, 0.5) is 0 Å². The number of alkyl halides is 2. The third-order valence-corrected chi connectivity index (χ3v) is 2.47. The van der Waals surface area contributed by atoms with Gasteiger partial charge in [-0.05, 0) is 19.0 Å². The van der Waals surface area contributed by atoms with Crippen LogP contribution in [0.15, 0.2) is 0 Å². The fourth-order valence-corrected chi connectivity index (χ4v) is 1.57. The van der Waals surface area contributed by atoms with Crippen LogP contribution < -0.4 is 0 Å². The van der Waals surface area contributed by atoms with Gasteiger partial charge < -0.3 is 0 Å². The molecule has 0 aliphatic rings. The van der Waals surface area contributed by atoms with Gasteiger partial charge in [0.15, 0.2) is 0 Å². The van der Waals surface area contributed by atoms with Crippen molar-refractivity contribution in [2.75, 3.05) is 6.16 Å². The Kier molecular flexibility index (Phi) is 9.94. The Morgan fingerprint density at radius 2 is 1.45 bits per heavy atom. The largest absolute Gasteiger partial charge is 0.138 e. The Labute approximate surface area is 82.2 Å². The van der Waals surface area contributed by atoms with Crippen molar-refractivity contribution in [1.29, 1.82) is 0 Å². The monoisotopic (exact) mass is 214 g/mol. The quantitative estimate of drug-likeness (QED) is 0.342. The second kappa shape index (κ2) is 9.10. The van der Waals surface area contributed by atoms with Crippen molar-refractivity contribution in [3.05, 3.63) is 0 Å². The molecule has 1 unspecified atom stereocenters. The van der Waals surface area contributed by atoms with Crippen LogP contribution in [-0.4, -0.2) is 11.0 Å². The first kappa shape index (κ1) is 12.0. The first-order chi connectivity index (χ1) is 5.27. The molecule has 3 heteroatoms. The molecule has 0 saturated heterocycles. The van der Waals surface area contributed by atoms with Crippen LogP contribution in [0.3, 0.4) is 0 Å². The van der Waals surface area contributed by atoms with Crippen LogP contribution in [0.1, 0.15) is 38.5 Å². The predicted octanol–water partition coefficient (Wildman–Crippen LogP) is 4.01. The lowest BCUT2D eigenvalue weighted by Gasteiger charge is -2.00. The van der Waals surface area contributed by atoms with E-state index >= 15 is 0 Å². The highest BCUT2D eigenvalue weighted by atomic mass is 35.5. The zero-order valence-electron chi connectivity index (χ0n) is 6.86. The molecule has 0 nitrogen and oxygen atoms in total. The molecule has 0 fully saturated rings. The number of hydrogen-bond donors (Lipinski definition) is 0. The molecule has 0 aromatic carbocycles. The summed E-state index contributed by atoms with van der Waals surface area (Å²) in [6, 6.07) is 0. The average Bonchev–Trinajstić information content (AvgIpc) is 1.96. The Morgan fingerprint density at radius 3 is 2.00 bits per heavy atom. The zero-order chi connectivity index (χ0) is 8.53. The summed E-state index contributed by atoms with van der Waals surface area (Å²) in [4.78, 5) is -0.156. The summed E-state index contributed by atoms with van der Waals surface area (Å²) in [5, 5.41) is 0. The summed E-state index contributed by atoms with van der Waals surface area (Å²) in [7, 11) is 2.75. The fraction of sp³-hybridized carbons (Fsp3) is 1.00. The van der Waals surface area contributed by atoms with Gasteiger partial charge >= 0.3 is 0 Å². The van der Waals surface area contributed by atoms with Crippen LogP contribution in [0.5, 0.6) is 0 Å². The SMILES string of the molecule is PCCCCCCCC(Cl)Cl. The summed E-state index contributed by atoms with van der Waals surface area (Å²) in [5.41, 5.74) is 0. The minimum atomic E-state index is -0.156. The van der Waals surface area contributed by atoms with E-state index in [4.69, 9.17) is 23.2 Å². The van der Waals surface area contributed by atoms with E-state index in [0.717, 1.165) is 6.42 Å². The lowest BCUT2D eigenvalue weighted by Crippen LogP contribution is -1.86. The maximum atomic E-state index is 5.58. The second-order valence-corrected chi connectivity index (χ2v) is 4.59. The van der Waals surface area contributed by atoms with Crippen molar-refractivity contribution in [2.45, 2.75) is 43.4 Å². The third kappa shape index (κ3) is 11.0. The Balaban J connectivity index is 2.80. The molecular formula is C8H17Cl2P. The molecule has 0 aromatic heterocycles. The second-order valence-electron chi connectivity index (χ2n) is 2.74. The highest BCUT2D eigenvalue weighted by Gasteiger charge is 1.97. The van der Waals surface area contributed by atoms with E-state index in [1.165, 1.54) is 38.3 Å². The van der Waals surface area contributed by atoms with Crippen LogP contribution in [0, 0.1) is 0 Å². The van der Waals surface area contributed by atoms with Crippen LogP contribution in [0.2, 0.25) is 0 Å². The van der Waals surface area contributed by atoms with Crippen LogP contribution in [0.25, 0.3) is 0 Å². The molecular weight excluding hydrogens is 198 g/mol. The summed E-state index contributed by atoms with van der Waals surface area (Å²) in [6.07, 6.45) is 8.64. The summed E-state index contributed by atoms with van der Waals surface area (Å²) >= 11 is 11.2. The van der Waals surface area contributed by atoms with E-state index in [1.807, 2.05) is 0 Å².